The van der Waals surface area contributed by atoms with Crippen molar-refractivity contribution in [3.8, 4) is 5.88 Å². The van der Waals surface area contributed by atoms with Crippen LogP contribution in [0.15, 0.2) is 48.7 Å². The molecule has 8 nitrogen and oxygen atoms in total. The molecule has 4 rings (SSSR count). The summed E-state index contributed by atoms with van der Waals surface area (Å²) in [4.78, 5) is 47.1. The molecule has 2 saturated heterocycles. The fraction of sp³-hybridized carbons (Fsp3) is 0.533. The third-order valence-corrected chi connectivity index (χ3v) is 7.56. The molecule has 8 heteroatoms. The molecule has 2 aromatic rings. The van der Waals surface area contributed by atoms with Gasteiger partial charge >= 0.3 is 6.09 Å². The minimum absolute atomic E-state index is 0.118. The third-order valence-electron chi connectivity index (χ3n) is 7.56. The summed E-state index contributed by atoms with van der Waals surface area (Å²) in [6, 6.07) is 14.0. The first-order valence-corrected chi connectivity index (χ1v) is 13.7. The number of rotatable bonds is 9. The summed E-state index contributed by atoms with van der Waals surface area (Å²) in [7, 11) is 2.16. The van der Waals surface area contributed by atoms with Crippen LogP contribution in [0.3, 0.4) is 0 Å². The van der Waals surface area contributed by atoms with Crippen molar-refractivity contribution in [3.05, 3.63) is 59.8 Å². The van der Waals surface area contributed by atoms with Crippen molar-refractivity contribution in [2.45, 2.75) is 58.9 Å². The van der Waals surface area contributed by atoms with Crippen LogP contribution in [-0.4, -0.2) is 70.8 Å². The molecule has 0 spiro atoms. The van der Waals surface area contributed by atoms with Gasteiger partial charge in [0.15, 0.2) is 0 Å². The van der Waals surface area contributed by atoms with Gasteiger partial charge in [-0.3, -0.25) is 14.5 Å². The van der Waals surface area contributed by atoms with E-state index in [1.54, 1.807) is 17.2 Å². The lowest BCUT2D eigenvalue weighted by Gasteiger charge is -2.34. The molecule has 2 aliphatic rings. The highest BCUT2D eigenvalue weighted by atomic mass is 16.6. The van der Waals surface area contributed by atoms with Crippen molar-refractivity contribution in [1.29, 1.82) is 0 Å². The molecule has 2 aliphatic heterocycles. The van der Waals surface area contributed by atoms with E-state index in [2.05, 4.69) is 41.2 Å². The highest BCUT2D eigenvalue weighted by Gasteiger charge is 2.37. The topological polar surface area (TPSA) is 83.0 Å². The number of carbonyl (C=O) groups is 3. The number of imide groups is 1. The highest BCUT2D eigenvalue weighted by molar-refractivity contribution is 5.98. The average Bonchev–Trinajstić information content (AvgIpc) is 2.88. The molecule has 204 valence electrons. The molecule has 0 saturated carbocycles. The SMILES string of the molecule is CN(CCC1CCN(C(=O)Oc2ccc(CCN3C(=O)CC(C)(C)CC3=O)cn2)CC1)Cc1ccccc1. The Morgan fingerprint density at radius 1 is 1.03 bits per heavy atom. The molecule has 0 N–H and O–H groups in total. The number of aromatic nitrogens is 1. The summed E-state index contributed by atoms with van der Waals surface area (Å²) in [5.41, 5.74) is 1.94. The zero-order chi connectivity index (χ0) is 27.1. The first kappa shape index (κ1) is 27.8. The Morgan fingerprint density at radius 3 is 2.34 bits per heavy atom. The van der Waals surface area contributed by atoms with Gasteiger partial charge in [0, 0.05) is 51.3 Å². The molecule has 3 amide bonds. The Labute approximate surface area is 226 Å². The second-order valence-corrected chi connectivity index (χ2v) is 11.5. The van der Waals surface area contributed by atoms with E-state index in [1.807, 2.05) is 26.0 Å². The molecule has 3 heterocycles. The molecule has 1 aromatic heterocycles. The molecule has 0 radical (unpaired) electrons. The summed E-state index contributed by atoms with van der Waals surface area (Å²) >= 11 is 0. The van der Waals surface area contributed by atoms with Crippen LogP contribution in [0, 0.1) is 11.3 Å². The van der Waals surface area contributed by atoms with E-state index >= 15 is 0 Å². The van der Waals surface area contributed by atoms with Gasteiger partial charge in [-0.1, -0.05) is 50.2 Å². The van der Waals surface area contributed by atoms with Crippen LogP contribution in [0.25, 0.3) is 0 Å². The maximum absolute atomic E-state index is 12.7. The van der Waals surface area contributed by atoms with Crippen LogP contribution >= 0.6 is 0 Å². The molecule has 1 aromatic carbocycles. The standard InChI is InChI=1S/C30H40N4O4/c1-30(2)19-27(35)34(28(36)20-30)18-14-24-9-10-26(31-21-24)38-29(37)33-16-12-23(13-17-33)11-15-32(3)22-25-7-5-4-6-8-25/h4-10,21,23H,11-20,22H2,1-3H3. The normalized spacial score (nSPS) is 18.2. The van der Waals surface area contributed by atoms with Crippen LogP contribution in [0.2, 0.25) is 0 Å². The fourth-order valence-corrected chi connectivity index (χ4v) is 5.26. The molecule has 0 atom stereocenters. The monoisotopic (exact) mass is 520 g/mol. The Bertz CT molecular complexity index is 1070. The zero-order valence-electron chi connectivity index (χ0n) is 22.9. The van der Waals surface area contributed by atoms with Gasteiger partial charge in [0.2, 0.25) is 17.7 Å². The van der Waals surface area contributed by atoms with Crippen molar-refractivity contribution >= 4 is 17.9 Å². The molecule has 38 heavy (non-hydrogen) atoms. The van der Waals surface area contributed by atoms with Gasteiger partial charge in [-0.15, -0.1) is 0 Å². The number of carbonyl (C=O) groups excluding carboxylic acids is 3. The lowest BCUT2D eigenvalue weighted by atomic mass is 9.81. The smallest absolute Gasteiger partial charge is 0.391 e. The molecular weight excluding hydrogens is 480 g/mol. The Kier molecular flexibility index (Phi) is 9.15. The van der Waals surface area contributed by atoms with Crippen molar-refractivity contribution in [2.75, 3.05) is 33.2 Å². The molecule has 0 bridgehead atoms. The first-order valence-electron chi connectivity index (χ1n) is 13.7. The number of amides is 3. The zero-order valence-corrected chi connectivity index (χ0v) is 22.9. The molecule has 2 fully saturated rings. The van der Waals surface area contributed by atoms with Crippen LogP contribution in [0.4, 0.5) is 4.79 Å². The van der Waals surface area contributed by atoms with Crippen LogP contribution in [0.5, 0.6) is 5.88 Å². The van der Waals surface area contributed by atoms with Crippen molar-refractivity contribution < 1.29 is 19.1 Å². The first-order chi connectivity index (χ1) is 18.2. The lowest BCUT2D eigenvalue weighted by Crippen LogP contribution is -2.46. The number of ether oxygens (including phenoxy) is 1. The van der Waals surface area contributed by atoms with E-state index in [0.29, 0.717) is 44.8 Å². The van der Waals surface area contributed by atoms with Crippen LogP contribution in [-0.2, 0) is 22.6 Å². The Balaban J connectivity index is 1.16. The number of benzene rings is 1. The summed E-state index contributed by atoms with van der Waals surface area (Å²) in [5.74, 6) is 0.634. The summed E-state index contributed by atoms with van der Waals surface area (Å²) in [6.07, 6.45) is 5.65. The summed E-state index contributed by atoms with van der Waals surface area (Å²) in [6.45, 7) is 7.60. The number of likely N-dealkylation sites (tertiary alicyclic amines) is 2. The van der Waals surface area contributed by atoms with Crippen molar-refractivity contribution in [3.63, 3.8) is 0 Å². The van der Waals surface area contributed by atoms with Gasteiger partial charge in [0.05, 0.1) is 0 Å². The van der Waals surface area contributed by atoms with Gasteiger partial charge in [-0.25, -0.2) is 9.78 Å². The largest absolute Gasteiger partial charge is 0.416 e. The Morgan fingerprint density at radius 2 is 1.71 bits per heavy atom. The van der Waals surface area contributed by atoms with E-state index in [9.17, 15) is 14.4 Å². The molecule has 0 aliphatic carbocycles. The number of piperidine rings is 2. The predicted molar refractivity (Wildman–Crippen MR) is 145 cm³/mol. The number of hydrogen-bond donors (Lipinski definition) is 0. The van der Waals surface area contributed by atoms with E-state index < -0.39 is 0 Å². The second-order valence-electron chi connectivity index (χ2n) is 11.5. The van der Waals surface area contributed by atoms with Crippen molar-refractivity contribution in [2.24, 2.45) is 11.3 Å². The quantitative estimate of drug-likeness (QED) is 0.452. The highest BCUT2D eigenvalue weighted by Crippen LogP contribution is 2.31. The average molecular weight is 521 g/mol. The van der Waals surface area contributed by atoms with Crippen LogP contribution in [0.1, 0.15) is 57.1 Å². The summed E-state index contributed by atoms with van der Waals surface area (Å²) < 4.78 is 5.51. The maximum atomic E-state index is 12.7. The molecule has 0 unspecified atom stereocenters. The Hall–Kier alpha value is -3.26. The van der Waals surface area contributed by atoms with E-state index in [-0.39, 0.29) is 29.2 Å². The number of pyridine rings is 1. The lowest BCUT2D eigenvalue weighted by molar-refractivity contribution is -0.152. The van der Waals surface area contributed by atoms with E-state index in [1.165, 1.54) is 10.5 Å². The minimum atomic E-state index is -0.364. The van der Waals surface area contributed by atoms with Gasteiger partial charge in [0.25, 0.3) is 0 Å². The van der Waals surface area contributed by atoms with Crippen molar-refractivity contribution in [1.82, 2.24) is 19.7 Å². The summed E-state index contributed by atoms with van der Waals surface area (Å²) in [5, 5.41) is 0. The van der Waals surface area contributed by atoms with Gasteiger partial charge in [0.1, 0.15) is 0 Å². The third kappa shape index (κ3) is 7.87. The van der Waals surface area contributed by atoms with Gasteiger partial charge < -0.3 is 14.5 Å². The fourth-order valence-electron chi connectivity index (χ4n) is 5.26. The number of nitrogens with zero attached hydrogens (tertiary/aromatic N) is 4. The van der Waals surface area contributed by atoms with E-state index in [4.69, 9.17) is 4.74 Å². The van der Waals surface area contributed by atoms with E-state index in [0.717, 1.165) is 37.9 Å². The minimum Gasteiger partial charge on any atom is -0.391 e. The maximum Gasteiger partial charge on any atom is 0.416 e. The molecular formula is C30H40N4O4. The van der Waals surface area contributed by atoms with Crippen LogP contribution < -0.4 is 4.74 Å². The number of hydrogen-bond acceptors (Lipinski definition) is 6. The van der Waals surface area contributed by atoms with Gasteiger partial charge in [-0.05, 0) is 61.7 Å². The van der Waals surface area contributed by atoms with Gasteiger partial charge in [-0.2, -0.15) is 0 Å². The predicted octanol–water partition coefficient (Wildman–Crippen LogP) is 4.53. The second kappa shape index (κ2) is 12.5.